The highest BCUT2D eigenvalue weighted by molar-refractivity contribution is 5.89. The van der Waals surface area contributed by atoms with Crippen molar-refractivity contribution in [1.82, 2.24) is 15.6 Å². The molecule has 2 amide bonds. The Morgan fingerprint density at radius 3 is 2.63 bits per heavy atom. The number of ether oxygens (including phenoxy) is 1. The fourth-order valence-corrected chi connectivity index (χ4v) is 3.31. The molecule has 1 aromatic heterocycles. The predicted octanol–water partition coefficient (Wildman–Crippen LogP) is 2.08. The molecule has 3 aromatic rings. The minimum Gasteiger partial charge on any atom is -0.447 e. The summed E-state index contributed by atoms with van der Waals surface area (Å²) in [6.07, 6.45) is -0.440. The molecule has 2 atom stereocenters. The van der Waals surface area contributed by atoms with Gasteiger partial charge in [-0.1, -0.05) is 36.4 Å². The number of aromatic nitrogens is 1. The van der Waals surface area contributed by atoms with E-state index in [1.54, 1.807) is 12.3 Å². The van der Waals surface area contributed by atoms with E-state index in [1.165, 1.54) is 12.1 Å². The average Bonchev–Trinajstić information content (AvgIpc) is 2.85. The van der Waals surface area contributed by atoms with Gasteiger partial charge in [0, 0.05) is 23.7 Å². The lowest BCUT2D eigenvalue weighted by atomic mass is 10.1. The second-order valence-corrected chi connectivity index (χ2v) is 7.79. The van der Waals surface area contributed by atoms with Gasteiger partial charge in [-0.25, -0.2) is 18.6 Å². The van der Waals surface area contributed by atoms with Crippen molar-refractivity contribution in [3.8, 4) is 0 Å². The molecule has 186 valence electrons. The lowest BCUT2D eigenvalue weighted by molar-refractivity contribution is -0.121. The first-order chi connectivity index (χ1) is 16.9. The van der Waals surface area contributed by atoms with Crippen LogP contribution in [0.25, 0.3) is 10.8 Å². The molecule has 0 fully saturated rings. The molecule has 9 nitrogen and oxygen atoms in total. The van der Waals surface area contributed by atoms with Crippen molar-refractivity contribution in [1.29, 1.82) is 0 Å². The Morgan fingerprint density at radius 1 is 1.09 bits per heavy atom. The maximum Gasteiger partial charge on any atom is 0.412 e. The van der Waals surface area contributed by atoms with E-state index in [0.717, 1.165) is 16.8 Å². The number of anilines is 1. The Morgan fingerprint density at radius 2 is 1.86 bits per heavy atom. The van der Waals surface area contributed by atoms with E-state index in [2.05, 4.69) is 20.9 Å². The number of amides is 2. The molecule has 0 aliphatic rings. The molecule has 0 radical (unpaired) electrons. The number of halogens is 2. The van der Waals surface area contributed by atoms with E-state index < -0.39 is 42.4 Å². The van der Waals surface area contributed by atoms with E-state index in [1.807, 2.05) is 24.3 Å². The van der Waals surface area contributed by atoms with Crippen molar-refractivity contribution in [2.45, 2.75) is 25.1 Å². The van der Waals surface area contributed by atoms with Crippen LogP contribution in [0.1, 0.15) is 12.0 Å². The van der Waals surface area contributed by atoms with Crippen LogP contribution in [0, 0.1) is 11.6 Å². The summed E-state index contributed by atoms with van der Waals surface area (Å²) in [5.41, 5.74) is 0.0624. The highest BCUT2D eigenvalue weighted by Gasteiger charge is 2.19. The Labute approximate surface area is 200 Å². The summed E-state index contributed by atoms with van der Waals surface area (Å²) in [5.74, 6) is -2.23. The Hall–Kier alpha value is -3.67. The molecule has 0 aliphatic carbocycles. The highest BCUT2D eigenvalue weighted by Crippen LogP contribution is 2.16. The van der Waals surface area contributed by atoms with Gasteiger partial charge in [0.2, 0.25) is 5.91 Å². The summed E-state index contributed by atoms with van der Waals surface area (Å²) in [6.45, 7) is -1.16. The molecule has 5 N–H and O–H groups in total. The number of pyridine rings is 1. The zero-order valence-electron chi connectivity index (χ0n) is 18.7. The molecule has 3 rings (SSSR count). The van der Waals surface area contributed by atoms with Crippen molar-refractivity contribution < 1.29 is 33.3 Å². The molecule has 0 saturated heterocycles. The monoisotopic (exact) mass is 488 g/mol. The van der Waals surface area contributed by atoms with Gasteiger partial charge in [-0.3, -0.25) is 10.1 Å². The second-order valence-electron chi connectivity index (χ2n) is 7.79. The van der Waals surface area contributed by atoms with Crippen LogP contribution in [0.3, 0.4) is 0 Å². The van der Waals surface area contributed by atoms with Crippen molar-refractivity contribution in [2.24, 2.45) is 0 Å². The average molecular weight is 488 g/mol. The minimum absolute atomic E-state index is 0.0624. The van der Waals surface area contributed by atoms with Crippen LogP contribution in [0.2, 0.25) is 0 Å². The van der Waals surface area contributed by atoms with Gasteiger partial charge in [0.25, 0.3) is 0 Å². The second kappa shape index (κ2) is 12.7. The first-order valence-electron chi connectivity index (χ1n) is 10.9. The number of aliphatic hydroxyl groups is 2. The van der Waals surface area contributed by atoms with E-state index in [0.29, 0.717) is 0 Å². The maximum atomic E-state index is 13.7. The van der Waals surface area contributed by atoms with Crippen LogP contribution in [-0.4, -0.2) is 59.1 Å². The standard InChI is InChI=1S/C24H26F2N4O5/c25-20-7-3-6-17(23(20)26)10-27-12-22(33)29-18(9-19(32)13-31)14-35-24(34)30-21-8-15-4-1-2-5-16(15)11-28-21/h1-8,11,18-19,27,31-32H,9-10,12-14H2,(H,29,33)(H,28,30,34). The molecule has 11 heteroatoms. The smallest absolute Gasteiger partial charge is 0.412 e. The molecule has 1 heterocycles. The minimum atomic E-state index is -1.15. The Balaban J connectivity index is 1.50. The van der Waals surface area contributed by atoms with Gasteiger partial charge in [-0.15, -0.1) is 0 Å². The summed E-state index contributed by atoms with van der Waals surface area (Å²) in [6, 6.07) is 12.1. The normalized spacial score (nSPS) is 12.7. The first-order valence-corrected chi connectivity index (χ1v) is 10.9. The van der Waals surface area contributed by atoms with Gasteiger partial charge < -0.3 is 25.6 Å². The van der Waals surface area contributed by atoms with E-state index in [9.17, 15) is 23.5 Å². The highest BCUT2D eigenvalue weighted by atomic mass is 19.2. The molecule has 2 unspecified atom stereocenters. The molecule has 0 saturated carbocycles. The van der Waals surface area contributed by atoms with Crippen molar-refractivity contribution >= 4 is 28.6 Å². The van der Waals surface area contributed by atoms with E-state index >= 15 is 0 Å². The first kappa shape index (κ1) is 25.9. The van der Waals surface area contributed by atoms with Crippen molar-refractivity contribution in [3.63, 3.8) is 0 Å². The van der Waals surface area contributed by atoms with E-state index in [-0.39, 0.29) is 37.5 Å². The van der Waals surface area contributed by atoms with Crippen molar-refractivity contribution in [3.05, 3.63) is 71.9 Å². The summed E-state index contributed by atoms with van der Waals surface area (Å²) < 4.78 is 32.1. The molecule has 0 bridgehead atoms. The number of fused-ring (bicyclic) bond motifs is 1. The van der Waals surface area contributed by atoms with Crippen LogP contribution in [0.5, 0.6) is 0 Å². The molecule has 35 heavy (non-hydrogen) atoms. The number of nitrogens with one attached hydrogen (secondary N) is 3. The van der Waals surface area contributed by atoms with Gasteiger partial charge in [-0.05, 0) is 23.9 Å². The van der Waals surface area contributed by atoms with Crippen LogP contribution >= 0.6 is 0 Å². The largest absolute Gasteiger partial charge is 0.447 e. The fraction of sp³-hybridized carbons (Fsp3) is 0.292. The third kappa shape index (κ3) is 7.95. The van der Waals surface area contributed by atoms with E-state index in [4.69, 9.17) is 9.84 Å². The lowest BCUT2D eigenvalue weighted by Crippen LogP contribution is -2.45. The number of aliphatic hydroxyl groups excluding tert-OH is 2. The molecular formula is C24H26F2N4O5. The molecule has 2 aromatic carbocycles. The third-order valence-corrected chi connectivity index (χ3v) is 5.04. The summed E-state index contributed by atoms with van der Waals surface area (Å²) in [7, 11) is 0. The third-order valence-electron chi connectivity index (χ3n) is 5.04. The number of hydrogen-bond donors (Lipinski definition) is 5. The summed E-state index contributed by atoms with van der Waals surface area (Å²) in [5, 5.41) is 28.4. The number of hydrogen-bond acceptors (Lipinski definition) is 7. The maximum absolute atomic E-state index is 13.7. The van der Waals surface area contributed by atoms with Gasteiger partial charge in [0.1, 0.15) is 12.4 Å². The van der Waals surface area contributed by atoms with Crippen LogP contribution in [-0.2, 0) is 16.1 Å². The SMILES string of the molecule is O=C(CNCc1cccc(F)c1F)NC(COC(=O)Nc1cc2ccccc2cn1)CC(O)CO. The quantitative estimate of drug-likeness (QED) is 0.279. The topological polar surface area (TPSA) is 133 Å². The zero-order chi connectivity index (χ0) is 25.2. The number of carbonyl (C=O) groups excluding carboxylic acids is 2. The van der Waals surface area contributed by atoms with Gasteiger partial charge in [0.15, 0.2) is 11.6 Å². The Bertz CT molecular complexity index is 1160. The lowest BCUT2D eigenvalue weighted by Gasteiger charge is -2.21. The van der Waals surface area contributed by atoms with Crippen LogP contribution in [0.15, 0.2) is 54.7 Å². The number of carbonyl (C=O) groups is 2. The van der Waals surface area contributed by atoms with Crippen LogP contribution < -0.4 is 16.0 Å². The number of rotatable bonds is 11. The van der Waals surface area contributed by atoms with Crippen LogP contribution in [0.4, 0.5) is 19.4 Å². The number of nitrogens with zero attached hydrogens (tertiary/aromatic N) is 1. The Kier molecular flexibility index (Phi) is 9.41. The van der Waals surface area contributed by atoms with Crippen molar-refractivity contribution in [2.75, 3.05) is 25.1 Å². The fourth-order valence-electron chi connectivity index (χ4n) is 3.31. The number of benzene rings is 2. The predicted molar refractivity (Wildman–Crippen MR) is 124 cm³/mol. The molecule has 0 spiro atoms. The van der Waals surface area contributed by atoms with Gasteiger partial charge >= 0.3 is 6.09 Å². The summed E-state index contributed by atoms with van der Waals surface area (Å²) >= 11 is 0. The molecular weight excluding hydrogens is 462 g/mol. The zero-order valence-corrected chi connectivity index (χ0v) is 18.7. The van der Waals surface area contributed by atoms with Gasteiger partial charge in [-0.2, -0.15) is 0 Å². The summed E-state index contributed by atoms with van der Waals surface area (Å²) in [4.78, 5) is 28.6. The van der Waals surface area contributed by atoms with Gasteiger partial charge in [0.05, 0.1) is 25.3 Å². The molecule has 0 aliphatic heterocycles.